The largest absolute Gasteiger partial charge is 0.375 e. The second kappa shape index (κ2) is 6.72. The second-order valence-electron chi connectivity index (χ2n) is 5.09. The molecule has 0 aliphatic carbocycles. The molecule has 0 heterocycles. The number of benzene rings is 1. The molecule has 0 saturated heterocycles. The van der Waals surface area contributed by atoms with Gasteiger partial charge in [0.1, 0.15) is 5.82 Å². The topological polar surface area (TPSA) is 21.3 Å². The molecule has 1 aromatic rings. The molecular weight excluding hydrogens is 217 g/mol. The van der Waals surface area contributed by atoms with Gasteiger partial charge in [0.25, 0.3) is 0 Å². The molecule has 0 aliphatic heterocycles. The zero-order valence-electron chi connectivity index (χ0n) is 10.9. The minimum Gasteiger partial charge on any atom is -0.375 e. The summed E-state index contributed by atoms with van der Waals surface area (Å²) in [6.07, 6.45) is 0.841. The van der Waals surface area contributed by atoms with Gasteiger partial charge >= 0.3 is 0 Å². The smallest absolute Gasteiger partial charge is 0.123 e. The summed E-state index contributed by atoms with van der Waals surface area (Å²) < 4.78 is 18.5. The van der Waals surface area contributed by atoms with Crippen molar-refractivity contribution in [1.82, 2.24) is 5.32 Å². The molecule has 2 nitrogen and oxygen atoms in total. The fourth-order valence-electron chi connectivity index (χ4n) is 1.48. The fraction of sp³-hybridized carbons (Fsp3) is 0.571. The average Bonchev–Trinajstić information content (AvgIpc) is 2.22. The first-order valence-corrected chi connectivity index (χ1v) is 6.06. The molecule has 1 N–H and O–H groups in total. The Kier molecular flexibility index (Phi) is 5.59. The SMILES string of the molecule is CC(C)(C)OCCNCCc1cccc(F)c1. The van der Waals surface area contributed by atoms with Crippen molar-refractivity contribution in [2.75, 3.05) is 19.7 Å². The predicted octanol–water partition coefficient (Wildman–Crippen LogP) is 2.77. The molecule has 0 radical (unpaired) electrons. The minimum atomic E-state index is -0.168. The summed E-state index contributed by atoms with van der Waals surface area (Å²) >= 11 is 0. The van der Waals surface area contributed by atoms with Crippen LogP contribution in [0.5, 0.6) is 0 Å². The monoisotopic (exact) mass is 239 g/mol. The van der Waals surface area contributed by atoms with Crippen LogP contribution in [0.4, 0.5) is 4.39 Å². The van der Waals surface area contributed by atoms with Crippen LogP contribution >= 0.6 is 0 Å². The van der Waals surface area contributed by atoms with Gasteiger partial charge < -0.3 is 10.1 Å². The quantitative estimate of drug-likeness (QED) is 0.771. The third-order valence-corrected chi connectivity index (χ3v) is 2.29. The summed E-state index contributed by atoms with van der Waals surface area (Å²) in [7, 11) is 0. The lowest BCUT2D eigenvalue weighted by Gasteiger charge is -2.19. The van der Waals surface area contributed by atoms with E-state index in [1.165, 1.54) is 6.07 Å². The third kappa shape index (κ3) is 7.08. The van der Waals surface area contributed by atoms with E-state index in [9.17, 15) is 4.39 Å². The minimum absolute atomic E-state index is 0.0791. The van der Waals surface area contributed by atoms with Gasteiger partial charge in [-0.15, -0.1) is 0 Å². The first-order valence-electron chi connectivity index (χ1n) is 6.06. The van der Waals surface area contributed by atoms with Crippen molar-refractivity contribution in [2.24, 2.45) is 0 Å². The van der Waals surface area contributed by atoms with Crippen molar-refractivity contribution in [2.45, 2.75) is 32.8 Å². The fourth-order valence-corrected chi connectivity index (χ4v) is 1.48. The van der Waals surface area contributed by atoms with Crippen molar-refractivity contribution in [1.29, 1.82) is 0 Å². The highest BCUT2D eigenvalue weighted by Gasteiger charge is 2.08. The lowest BCUT2D eigenvalue weighted by atomic mass is 10.1. The van der Waals surface area contributed by atoms with E-state index in [0.29, 0.717) is 6.61 Å². The first kappa shape index (κ1) is 14.1. The highest BCUT2D eigenvalue weighted by atomic mass is 19.1. The molecule has 0 bridgehead atoms. The van der Waals surface area contributed by atoms with Gasteiger partial charge in [0.15, 0.2) is 0 Å². The molecule has 0 atom stereocenters. The number of rotatable bonds is 6. The first-order chi connectivity index (χ1) is 7.97. The van der Waals surface area contributed by atoms with Crippen molar-refractivity contribution in [3.63, 3.8) is 0 Å². The number of hydrogen-bond acceptors (Lipinski definition) is 2. The molecule has 1 aromatic carbocycles. The van der Waals surface area contributed by atoms with E-state index in [-0.39, 0.29) is 11.4 Å². The lowest BCUT2D eigenvalue weighted by Crippen LogP contribution is -2.27. The second-order valence-corrected chi connectivity index (χ2v) is 5.09. The van der Waals surface area contributed by atoms with Crippen molar-refractivity contribution in [3.05, 3.63) is 35.6 Å². The van der Waals surface area contributed by atoms with Crippen LogP contribution in [0, 0.1) is 5.82 Å². The summed E-state index contributed by atoms with van der Waals surface area (Å²) in [5.74, 6) is -0.168. The number of nitrogens with one attached hydrogen (secondary N) is 1. The van der Waals surface area contributed by atoms with Crippen molar-refractivity contribution in [3.8, 4) is 0 Å². The molecule has 0 unspecified atom stereocenters. The van der Waals surface area contributed by atoms with Gasteiger partial charge in [-0.1, -0.05) is 12.1 Å². The van der Waals surface area contributed by atoms with E-state index in [2.05, 4.69) is 5.32 Å². The predicted molar refractivity (Wildman–Crippen MR) is 68.7 cm³/mol. The maximum Gasteiger partial charge on any atom is 0.123 e. The Morgan fingerprint density at radius 3 is 2.65 bits per heavy atom. The van der Waals surface area contributed by atoms with Gasteiger partial charge in [-0.25, -0.2) is 4.39 Å². The molecule has 0 fully saturated rings. The molecule has 1 rings (SSSR count). The van der Waals surface area contributed by atoms with Crippen LogP contribution in [-0.2, 0) is 11.2 Å². The van der Waals surface area contributed by atoms with Gasteiger partial charge in [-0.05, 0) is 51.4 Å². The van der Waals surface area contributed by atoms with Gasteiger partial charge in [0.2, 0.25) is 0 Å². The molecule has 0 saturated carbocycles. The average molecular weight is 239 g/mol. The zero-order chi connectivity index (χ0) is 12.7. The van der Waals surface area contributed by atoms with Gasteiger partial charge in [-0.3, -0.25) is 0 Å². The van der Waals surface area contributed by atoms with E-state index < -0.39 is 0 Å². The molecule has 96 valence electrons. The molecule has 0 aliphatic rings. The summed E-state index contributed by atoms with van der Waals surface area (Å²) in [5.41, 5.74) is 0.943. The van der Waals surface area contributed by atoms with E-state index >= 15 is 0 Å². The zero-order valence-corrected chi connectivity index (χ0v) is 10.9. The van der Waals surface area contributed by atoms with Crippen LogP contribution in [0.15, 0.2) is 24.3 Å². The summed E-state index contributed by atoms with van der Waals surface area (Å²) in [6, 6.07) is 6.73. The van der Waals surface area contributed by atoms with Crippen LogP contribution in [0.1, 0.15) is 26.3 Å². The van der Waals surface area contributed by atoms with Gasteiger partial charge in [0.05, 0.1) is 12.2 Å². The molecule has 3 heteroatoms. The summed E-state index contributed by atoms with van der Waals surface area (Å²) in [6.45, 7) is 8.50. The van der Waals surface area contributed by atoms with E-state index in [0.717, 1.165) is 25.1 Å². The molecular formula is C14H22FNO. The Bertz CT molecular complexity index is 333. The van der Waals surface area contributed by atoms with Crippen molar-refractivity contribution < 1.29 is 9.13 Å². The number of hydrogen-bond donors (Lipinski definition) is 1. The molecule has 0 aromatic heterocycles. The Morgan fingerprint density at radius 2 is 2.00 bits per heavy atom. The number of halogens is 1. The van der Waals surface area contributed by atoms with Crippen LogP contribution in [-0.4, -0.2) is 25.3 Å². The van der Waals surface area contributed by atoms with E-state index in [4.69, 9.17) is 4.74 Å². The Labute approximate surface area is 103 Å². The number of ether oxygens (including phenoxy) is 1. The molecule has 0 amide bonds. The lowest BCUT2D eigenvalue weighted by molar-refractivity contribution is -0.000711. The maximum absolute atomic E-state index is 12.9. The molecule has 17 heavy (non-hydrogen) atoms. The highest BCUT2D eigenvalue weighted by Crippen LogP contribution is 2.05. The molecule has 0 spiro atoms. The van der Waals surface area contributed by atoms with Crippen LogP contribution in [0.25, 0.3) is 0 Å². The standard InChI is InChI=1S/C14H22FNO/c1-14(2,3)17-10-9-16-8-7-12-5-4-6-13(15)11-12/h4-6,11,16H,7-10H2,1-3H3. The third-order valence-electron chi connectivity index (χ3n) is 2.29. The van der Waals surface area contributed by atoms with E-state index in [1.54, 1.807) is 12.1 Å². The normalized spacial score (nSPS) is 11.8. The summed E-state index contributed by atoms with van der Waals surface area (Å²) in [4.78, 5) is 0. The Morgan fingerprint density at radius 1 is 1.24 bits per heavy atom. The van der Waals surface area contributed by atoms with Gasteiger partial charge in [0, 0.05) is 6.54 Å². The van der Waals surface area contributed by atoms with Crippen LogP contribution < -0.4 is 5.32 Å². The summed E-state index contributed by atoms with van der Waals surface area (Å²) in [5, 5.41) is 3.28. The Hall–Kier alpha value is -0.930. The maximum atomic E-state index is 12.9. The highest BCUT2D eigenvalue weighted by molar-refractivity contribution is 5.16. The van der Waals surface area contributed by atoms with Crippen LogP contribution in [0.3, 0.4) is 0 Å². The van der Waals surface area contributed by atoms with E-state index in [1.807, 2.05) is 26.8 Å². The van der Waals surface area contributed by atoms with Crippen LogP contribution in [0.2, 0.25) is 0 Å². The van der Waals surface area contributed by atoms with Gasteiger partial charge in [-0.2, -0.15) is 0 Å². The Balaban J connectivity index is 2.09. The van der Waals surface area contributed by atoms with Crippen molar-refractivity contribution >= 4 is 0 Å².